The van der Waals surface area contributed by atoms with Gasteiger partial charge in [-0.25, -0.2) is 0 Å². The minimum Gasteiger partial charge on any atom is -0.355 e. The second-order valence-electron chi connectivity index (χ2n) is 5.46. The molecule has 1 aromatic rings. The molecule has 3 N–H and O–H groups in total. The Morgan fingerprint density at radius 2 is 2.10 bits per heavy atom. The van der Waals surface area contributed by atoms with E-state index < -0.39 is 0 Å². The zero-order valence-electron chi connectivity index (χ0n) is 12.5. The van der Waals surface area contributed by atoms with Crippen LogP contribution in [0.5, 0.6) is 0 Å². The van der Waals surface area contributed by atoms with Crippen molar-refractivity contribution in [1.29, 1.82) is 0 Å². The molecule has 0 saturated carbocycles. The highest BCUT2D eigenvalue weighted by molar-refractivity contribution is 5.85. The lowest BCUT2D eigenvalue weighted by Gasteiger charge is -2.32. The lowest BCUT2D eigenvalue weighted by molar-refractivity contribution is -0.126. The van der Waals surface area contributed by atoms with Crippen LogP contribution in [0.1, 0.15) is 18.4 Å². The summed E-state index contributed by atoms with van der Waals surface area (Å²) in [6.07, 6.45) is 3.16. The van der Waals surface area contributed by atoms with Crippen LogP contribution in [0, 0.1) is 5.92 Å². The van der Waals surface area contributed by atoms with Crippen molar-refractivity contribution in [3.63, 3.8) is 0 Å². The van der Waals surface area contributed by atoms with E-state index in [0.717, 1.165) is 38.9 Å². The Bertz CT molecular complexity index is 413. The topological polar surface area (TPSA) is 58.4 Å². The molecule has 0 aliphatic carbocycles. The molecule has 0 spiro atoms. The predicted octanol–water partition coefficient (Wildman–Crippen LogP) is 1.44. The molecule has 1 amide bonds. The molecule has 1 heterocycles. The first-order chi connectivity index (χ1) is 9.79. The van der Waals surface area contributed by atoms with Gasteiger partial charge in [-0.3, -0.25) is 4.79 Å². The van der Waals surface area contributed by atoms with E-state index in [2.05, 4.69) is 34.5 Å². The normalized spacial score (nSPS) is 18.8. The van der Waals surface area contributed by atoms with Crippen LogP contribution in [0.3, 0.4) is 0 Å². The van der Waals surface area contributed by atoms with Gasteiger partial charge in [-0.2, -0.15) is 0 Å². The number of nitrogens with one attached hydrogen (secondary N) is 1. The second kappa shape index (κ2) is 9.77. The van der Waals surface area contributed by atoms with Crippen molar-refractivity contribution in [3.8, 4) is 0 Å². The van der Waals surface area contributed by atoms with E-state index in [1.165, 1.54) is 5.56 Å². The molecular formula is C16H26ClN3O. The Kier molecular flexibility index (Phi) is 8.35. The number of rotatable bonds is 6. The minimum atomic E-state index is 0. The fraction of sp³-hybridized carbons (Fsp3) is 0.562. The first-order valence-corrected chi connectivity index (χ1v) is 7.53. The first kappa shape index (κ1) is 18.0. The van der Waals surface area contributed by atoms with Gasteiger partial charge in [0.25, 0.3) is 0 Å². The minimum absolute atomic E-state index is 0. The highest BCUT2D eigenvalue weighted by atomic mass is 35.5. The SMILES string of the molecule is Cl.NCCNC(=O)C1CCCN(CCc2ccccc2)C1. The van der Waals surface area contributed by atoms with Crippen LogP contribution in [0.25, 0.3) is 0 Å². The van der Waals surface area contributed by atoms with Gasteiger partial charge in [0, 0.05) is 26.2 Å². The summed E-state index contributed by atoms with van der Waals surface area (Å²) in [6, 6.07) is 10.5. The number of carbonyl (C=O) groups is 1. The van der Waals surface area contributed by atoms with Crippen LogP contribution >= 0.6 is 12.4 Å². The Balaban J connectivity index is 0.00000220. The van der Waals surface area contributed by atoms with Gasteiger partial charge in [0.1, 0.15) is 0 Å². The van der Waals surface area contributed by atoms with Crippen molar-refractivity contribution in [1.82, 2.24) is 10.2 Å². The number of hydrogen-bond acceptors (Lipinski definition) is 3. The number of nitrogens with zero attached hydrogens (tertiary/aromatic N) is 1. The van der Waals surface area contributed by atoms with E-state index >= 15 is 0 Å². The van der Waals surface area contributed by atoms with Crippen LogP contribution in [-0.2, 0) is 11.2 Å². The van der Waals surface area contributed by atoms with Crippen LogP contribution < -0.4 is 11.1 Å². The number of piperidine rings is 1. The van der Waals surface area contributed by atoms with E-state index in [0.29, 0.717) is 13.1 Å². The molecule has 0 aromatic heterocycles. The van der Waals surface area contributed by atoms with Gasteiger partial charge in [0.05, 0.1) is 5.92 Å². The maximum atomic E-state index is 12.0. The third kappa shape index (κ3) is 6.04. The van der Waals surface area contributed by atoms with Crippen molar-refractivity contribution >= 4 is 18.3 Å². The summed E-state index contributed by atoms with van der Waals surface area (Å²) in [6.45, 7) is 4.11. The number of hydrogen-bond donors (Lipinski definition) is 2. The van der Waals surface area contributed by atoms with Gasteiger partial charge in [-0.15, -0.1) is 12.4 Å². The molecule has 118 valence electrons. The molecule has 0 radical (unpaired) electrons. The second-order valence-corrected chi connectivity index (χ2v) is 5.46. The molecule has 1 saturated heterocycles. The quantitative estimate of drug-likeness (QED) is 0.836. The molecule has 21 heavy (non-hydrogen) atoms. The van der Waals surface area contributed by atoms with Gasteiger partial charge in [-0.05, 0) is 31.4 Å². The molecule has 1 fully saturated rings. The van der Waals surface area contributed by atoms with Gasteiger partial charge in [0.2, 0.25) is 5.91 Å². The van der Waals surface area contributed by atoms with Gasteiger partial charge < -0.3 is 16.0 Å². The summed E-state index contributed by atoms with van der Waals surface area (Å²) in [5.41, 5.74) is 6.78. The largest absolute Gasteiger partial charge is 0.355 e. The van der Waals surface area contributed by atoms with Gasteiger partial charge >= 0.3 is 0 Å². The molecule has 1 unspecified atom stereocenters. The first-order valence-electron chi connectivity index (χ1n) is 7.53. The standard InChI is InChI=1S/C16H25N3O.ClH/c17-9-10-18-16(20)15-7-4-11-19(13-15)12-8-14-5-2-1-3-6-14;/h1-3,5-6,15H,4,7-13,17H2,(H,18,20);1H. The number of amides is 1. The maximum absolute atomic E-state index is 12.0. The van der Waals surface area contributed by atoms with Gasteiger partial charge in [0.15, 0.2) is 0 Å². The Labute approximate surface area is 133 Å². The summed E-state index contributed by atoms with van der Waals surface area (Å²) in [4.78, 5) is 14.4. The van der Waals surface area contributed by atoms with E-state index in [-0.39, 0.29) is 24.2 Å². The zero-order valence-corrected chi connectivity index (χ0v) is 13.3. The Hall–Kier alpha value is -1.10. The molecule has 2 rings (SSSR count). The van der Waals surface area contributed by atoms with E-state index in [1.54, 1.807) is 0 Å². The number of halogens is 1. The molecule has 5 heteroatoms. The average Bonchev–Trinajstić information content (AvgIpc) is 2.52. The number of likely N-dealkylation sites (tertiary alicyclic amines) is 1. The molecular weight excluding hydrogens is 286 g/mol. The molecule has 0 bridgehead atoms. The fourth-order valence-corrected chi connectivity index (χ4v) is 2.74. The monoisotopic (exact) mass is 311 g/mol. The summed E-state index contributed by atoms with van der Waals surface area (Å²) in [5, 5.41) is 2.91. The Morgan fingerprint density at radius 1 is 1.33 bits per heavy atom. The van der Waals surface area contributed by atoms with Crippen LogP contribution in [0.4, 0.5) is 0 Å². The van der Waals surface area contributed by atoms with E-state index in [9.17, 15) is 4.79 Å². The van der Waals surface area contributed by atoms with E-state index in [1.807, 2.05) is 6.07 Å². The highest BCUT2D eigenvalue weighted by Crippen LogP contribution is 2.17. The highest BCUT2D eigenvalue weighted by Gasteiger charge is 2.25. The summed E-state index contributed by atoms with van der Waals surface area (Å²) in [7, 11) is 0. The number of nitrogens with two attached hydrogens (primary N) is 1. The van der Waals surface area contributed by atoms with Crippen LogP contribution in [0.2, 0.25) is 0 Å². The molecule has 1 atom stereocenters. The van der Waals surface area contributed by atoms with E-state index in [4.69, 9.17) is 5.73 Å². The summed E-state index contributed by atoms with van der Waals surface area (Å²) in [5.74, 6) is 0.297. The molecule has 1 aliphatic heterocycles. The number of carbonyl (C=O) groups excluding carboxylic acids is 1. The molecule has 4 nitrogen and oxygen atoms in total. The van der Waals surface area contributed by atoms with Gasteiger partial charge in [-0.1, -0.05) is 30.3 Å². The third-order valence-corrected chi connectivity index (χ3v) is 3.88. The lowest BCUT2D eigenvalue weighted by atomic mass is 9.96. The van der Waals surface area contributed by atoms with Crippen molar-refractivity contribution in [2.24, 2.45) is 11.7 Å². The van der Waals surface area contributed by atoms with Crippen LogP contribution in [0.15, 0.2) is 30.3 Å². The zero-order chi connectivity index (χ0) is 14.2. The number of benzene rings is 1. The van der Waals surface area contributed by atoms with Crippen LogP contribution in [-0.4, -0.2) is 43.5 Å². The Morgan fingerprint density at radius 3 is 2.81 bits per heavy atom. The lowest BCUT2D eigenvalue weighted by Crippen LogP contribution is -2.44. The maximum Gasteiger partial charge on any atom is 0.224 e. The summed E-state index contributed by atoms with van der Waals surface area (Å²) < 4.78 is 0. The predicted molar refractivity (Wildman–Crippen MR) is 88.6 cm³/mol. The molecule has 1 aromatic carbocycles. The fourth-order valence-electron chi connectivity index (χ4n) is 2.74. The van der Waals surface area contributed by atoms with Crippen molar-refractivity contribution in [2.75, 3.05) is 32.7 Å². The van der Waals surface area contributed by atoms with Crippen molar-refractivity contribution < 1.29 is 4.79 Å². The summed E-state index contributed by atoms with van der Waals surface area (Å²) >= 11 is 0. The van der Waals surface area contributed by atoms with Crippen molar-refractivity contribution in [3.05, 3.63) is 35.9 Å². The van der Waals surface area contributed by atoms with Crippen molar-refractivity contribution in [2.45, 2.75) is 19.3 Å². The molecule has 1 aliphatic rings. The third-order valence-electron chi connectivity index (χ3n) is 3.88. The smallest absolute Gasteiger partial charge is 0.224 e. The average molecular weight is 312 g/mol.